The normalized spacial score (nSPS) is 56.2. The van der Waals surface area contributed by atoms with Crippen LogP contribution in [-0.2, 0) is 17.1 Å². The Morgan fingerprint density at radius 3 is 0.756 bits per heavy atom. The molecule has 9 fully saturated rings. The van der Waals surface area contributed by atoms with E-state index in [1.54, 1.807) is 0 Å². The molecule has 5 saturated heterocycles. The summed E-state index contributed by atoms with van der Waals surface area (Å²) in [4.78, 5) is 0. The average molecular weight is 614 g/mol. The van der Waals surface area contributed by atoms with Gasteiger partial charge in [-0.05, 0) is 73.0 Å². The van der Waals surface area contributed by atoms with Crippen molar-refractivity contribution in [2.45, 2.75) is 152 Å². The first kappa shape index (κ1) is 28.7. The van der Waals surface area contributed by atoms with Crippen molar-refractivity contribution in [1.29, 1.82) is 0 Å². The van der Waals surface area contributed by atoms with Crippen LogP contribution in [0.1, 0.15) is 103 Å². The van der Waals surface area contributed by atoms with Crippen LogP contribution in [0.4, 0.5) is 0 Å². The van der Waals surface area contributed by atoms with Gasteiger partial charge in [0.1, 0.15) is 0 Å². The molecule has 16 unspecified atom stereocenters. The Labute approximate surface area is 258 Å². The van der Waals surface area contributed by atoms with E-state index in [4.69, 9.17) is 10.6 Å². The Kier molecular flexibility index (Phi) is 8.28. The molecule has 0 aromatic rings. The van der Waals surface area contributed by atoms with Gasteiger partial charge in [-0.2, -0.15) is 0 Å². The molecule has 0 amide bonds. The van der Waals surface area contributed by atoms with E-state index in [1.165, 1.54) is 103 Å². The van der Waals surface area contributed by atoms with Gasteiger partial charge < -0.3 is 31.9 Å². The molecule has 8 bridgehead atoms. The summed E-state index contributed by atoms with van der Waals surface area (Å²) in [5.41, 5.74) is 0. The molecule has 233 valence electrons. The second kappa shape index (κ2) is 11.8. The third-order valence-electron chi connectivity index (χ3n) is 13.6. The second-order valence-corrected chi connectivity index (χ2v) is 15.4. The maximum Gasteiger partial charge on any atom is 2.00 e. The Morgan fingerprint density at radius 2 is 0.512 bits per heavy atom. The fourth-order valence-corrected chi connectivity index (χ4v) is 11.7. The minimum Gasteiger partial charge on any atom is -0.632 e. The van der Waals surface area contributed by atoms with E-state index < -0.39 is 0 Å². The van der Waals surface area contributed by atoms with E-state index >= 15 is 0 Å². The fraction of sp³-hybridized carbons (Fsp3) is 1.00. The smallest absolute Gasteiger partial charge is 0.632 e. The van der Waals surface area contributed by atoms with E-state index in [0.29, 0.717) is 72.0 Å². The van der Waals surface area contributed by atoms with Gasteiger partial charge in [0.15, 0.2) is 0 Å². The molecule has 5 aliphatic heterocycles. The van der Waals surface area contributed by atoms with Crippen molar-refractivity contribution in [3.05, 3.63) is 10.6 Å². The quantitative estimate of drug-likeness (QED) is 0.229. The van der Waals surface area contributed by atoms with Crippen LogP contribution in [0.25, 0.3) is 10.6 Å². The Morgan fingerprint density at radius 1 is 0.293 bits per heavy atom. The summed E-state index contributed by atoms with van der Waals surface area (Å²) in [6.07, 6.45) is 24.5. The minimum absolute atomic E-state index is 0. The minimum atomic E-state index is 0. The summed E-state index contributed by atoms with van der Waals surface area (Å²) in [6.45, 7) is 0. The summed E-state index contributed by atoms with van der Waals surface area (Å²) in [5, 5.41) is 36.3. The molecule has 9 aliphatic rings. The predicted molar refractivity (Wildman–Crippen MR) is 158 cm³/mol. The topological polar surface area (TPSA) is 100 Å². The zero-order chi connectivity index (χ0) is 26.2. The summed E-state index contributed by atoms with van der Waals surface area (Å²) in [5.74, 6) is 5.59. The molecule has 4 saturated carbocycles. The van der Waals surface area contributed by atoms with Crippen LogP contribution >= 0.6 is 0 Å². The predicted octanol–water partition coefficient (Wildman–Crippen LogP) is 4.17. The largest absolute Gasteiger partial charge is 2.00 e. The molecular formula is C32H54CuN8. The summed E-state index contributed by atoms with van der Waals surface area (Å²) in [6, 6.07) is 0. The molecular weight excluding hydrogens is 560 g/mol. The van der Waals surface area contributed by atoms with Gasteiger partial charge in [-0.3, -0.25) is 10.6 Å². The van der Waals surface area contributed by atoms with Crippen LogP contribution in [-0.4, -0.2) is 49.3 Å². The first-order valence-electron chi connectivity index (χ1n) is 17.8. The SMILES string of the molecule is C1CCC2C3[N-]C(NC4NC(NC5[N-]C(NC6NC(N3)C3CCCCC63)C3CCCCC53)C3CCCCC43)C2C1.[Cu+2]. The number of fused-ring (bicyclic) bond motifs is 20. The number of nitrogens with zero attached hydrogens (tertiary/aromatic N) is 2. The molecule has 5 heterocycles. The standard InChI is InChI=1S/C32H54N8.Cu/c1-2-10-18-17(9-1)25-33-26(18)38-28-21-13-5-6-14-22(21)30(35-28)40-32-24-16-8-7-15-23(24)31(36-32)39-29-20-12-4-3-11-19(20)27(34-29)37-25;/h17-33,36-40H,1-16H2;/q-2;+2. The van der Waals surface area contributed by atoms with Crippen molar-refractivity contribution in [3.63, 3.8) is 0 Å². The van der Waals surface area contributed by atoms with Crippen LogP contribution in [0.15, 0.2) is 0 Å². The zero-order valence-corrected chi connectivity index (χ0v) is 25.7. The van der Waals surface area contributed by atoms with E-state index in [1.807, 2.05) is 0 Å². The van der Waals surface area contributed by atoms with Gasteiger partial charge in [0.05, 0.1) is 24.7 Å². The van der Waals surface area contributed by atoms with Gasteiger partial charge in [0, 0.05) is 0 Å². The second-order valence-electron chi connectivity index (χ2n) is 15.4. The van der Waals surface area contributed by atoms with Gasteiger partial charge in [0.2, 0.25) is 0 Å². The zero-order valence-electron chi connectivity index (χ0n) is 24.7. The fourth-order valence-electron chi connectivity index (χ4n) is 11.7. The molecule has 0 spiro atoms. The van der Waals surface area contributed by atoms with Gasteiger partial charge in [-0.15, -0.1) is 0 Å². The van der Waals surface area contributed by atoms with E-state index in [2.05, 4.69) is 31.9 Å². The Hall–Kier alpha value is 0.199. The van der Waals surface area contributed by atoms with Gasteiger partial charge >= 0.3 is 17.1 Å². The van der Waals surface area contributed by atoms with E-state index in [-0.39, 0.29) is 41.7 Å². The van der Waals surface area contributed by atoms with Crippen molar-refractivity contribution < 1.29 is 17.1 Å². The van der Waals surface area contributed by atoms with Crippen molar-refractivity contribution in [2.24, 2.45) is 47.3 Å². The maximum atomic E-state index is 5.61. The van der Waals surface area contributed by atoms with Gasteiger partial charge in [-0.1, -0.05) is 102 Å². The number of nitrogens with one attached hydrogen (secondary N) is 6. The molecule has 16 atom stereocenters. The summed E-state index contributed by atoms with van der Waals surface area (Å²) in [7, 11) is 0. The van der Waals surface area contributed by atoms with Crippen molar-refractivity contribution in [2.75, 3.05) is 0 Å². The van der Waals surface area contributed by atoms with E-state index in [9.17, 15) is 0 Å². The molecule has 0 aromatic carbocycles. The maximum absolute atomic E-state index is 5.61. The van der Waals surface area contributed by atoms with Crippen LogP contribution < -0.4 is 31.9 Å². The number of hydrogen-bond donors (Lipinski definition) is 6. The third-order valence-corrected chi connectivity index (χ3v) is 13.6. The van der Waals surface area contributed by atoms with Crippen LogP contribution in [0.5, 0.6) is 0 Å². The van der Waals surface area contributed by atoms with Crippen molar-refractivity contribution in [3.8, 4) is 0 Å². The van der Waals surface area contributed by atoms with Crippen molar-refractivity contribution >= 4 is 0 Å². The monoisotopic (exact) mass is 613 g/mol. The summed E-state index contributed by atoms with van der Waals surface area (Å²) < 4.78 is 0. The van der Waals surface area contributed by atoms with Gasteiger partial charge in [-0.25, -0.2) is 0 Å². The number of rotatable bonds is 0. The third kappa shape index (κ3) is 5.01. The summed E-state index contributed by atoms with van der Waals surface area (Å²) >= 11 is 0. The molecule has 9 heteroatoms. The molecule has 6 N–H and O–H groups in total. The average Bonchev–Trinajstić information content (AvgIpc) is 3.73. The van der Waals surface area contributed by atoms with Crippen LogP contribution in [0, 0.1) is 47.3 Å². The molecule has 9 rings (SSSR count). The molecule has 1 radical (unpaired) electrons. The van der Waals surface area contributed by atoms with Gasteiger partial charge in [0.25, 0.3) is 0 Å². The van der Waals surface area contributed by atoms with E-state index in [0.717, 1.165) is 0 Å². The molecule has 8 nitrogen and oxygen atoms in total. The van der Waals surface area contributed by atoms with Crippen LogP contribution in [0.2, 0.25) is 0 Å². The molecule has 41 heavy (non-hydrogen) atoms. The van der Waals surface area contributed by atoms with Crippen molar-refractivity contribution in [1.82, 2.24) is 31.9 Å². The van der Waals surface area contributed by atoms with Crippen LogP contribution in [0.3, 0.4) is 0 Å². The Bertz CT molecular complexity index is 716. The first-order chi connectivity index (χ1) is 19.8. The molecule has 0 aromatic heterocycles. The Balaban J connectivity index is 0.00000256. The first-order valence-corrected chi connectivity index (χ1v) is 17.8. The molecule has 4 aliphatic carbocycles. The number of hydrogen-bond acceptors (Lipinski definition) is 6.